The van der Waals surface area contributed by atoms with Crippen molar-refractivity contribution in [3.8, 4) is 0 Å². The third kappa shape index (κ3) is 9.24. The first-order chi connectivity index (χ1) is 4.30. The lowest BCUT2D eigenvalue weighted by molar-refractivity contribution is 0.0697. The van der Waals surface area contributed by atoms with Gasteiger partial charge in [-0.05, 0) is 12.1 Å². The van der Waals surface area contributed by atoms with E-state index in [1.807, 2.05) is 0 Å². The molecule has 0 atom stereocenters. The summed E-state index contributed by atoms with van der Waals surface area (Å²) in [7, 11) is 0. The van der Waals surface area contributed by atoms with Crippen LogP contribution < -0.4 is 0 Å². The SMILES string of the molecule is Cl.Cl.O.O.O.O=C(O)c1ccccc1. The highest BCUT2D eigenvalue weighted by atomic mass is 35.5. The topological polar surface area (TPSA) is 132 Å². The Morgan fingerprint density at radius 1 is 0.929 bits per heavy atom. The smallest absolute Gasteiger partial charge is 0.335 e. The predicted octanol–water partition coefficient (Wildman–Crippen LogP) is -0.246. The molecule has 0 bridgehead atoms. The number of hydrogen-bond acceptors (Lipinski definition) is 1. The third-order valence-corrected chi connectivity index (χ3v) is 1.02. The number of aromatic carboxylic acids is 1. The minimum absolute atomic E-state index is 0. The van der Waals surface area contributed by atoms with Crippen molar-refractivity contribution in [3.05, 3.63) is 35.9 Å². The maximum Gasteiger partial charge on any atom is 0.335 e. The van der Waals surface area contributed by atoms with Crippen LogP contribution in [0.4, 0.5) is 0 Å². The number of hydrogen-bond donors (Lipinski definition) is 1. The van der Waals surface area contributed by atoms with Crippen LogP contribution in [0.15, 0.2) is 30.3 Å². The minimum atomic E-state index is -0.879. The summed E-state index contributed by atoms with van der Waals surface area (Å²) in [6.07, 6.45) is 0. The summed E-state index contributed by atoms with van der Waals surface area (Å²) < 4.78 is 0. The van der Waals surface area contributed by atoms with E-state index in [0.717, 1.165) is 0 Å². The van der Waals surface area contributed by atoms with E-state index in [4.69, 9.17) is 5.11 Å². The maximum absolute atomic E-state index is 10.2. The first-order valence-corrected chi connectivity index (χ1v) is 2.59. The number of carboxylic acid groups (broad SMARTS) is 1. The van der Waals surface area contributed by atoms with Crippen LogP contribution >= 0.6 is 24.8 Å². The fraction of sp³-hybridized carbons (Fsp3) is 0. The largest absolute Gasteiger partial charge is 0.478 e. The van der Waals surface area contributed by atoms with Crippen molar-refractivity contribution in [2.24, 2.45) is 0 Å². The zero-order chi connectivity index (χ0) is 6.69. The molecule has 0 aliphatic rings. The average Bonchev–Trinajstić information content (AvgIpc) is 1.90. The Morgan fingerprint density at radius 2 is 1.29 bits per heavy atom. The van der Waals surface area contributed by atoms with Gasteiger partial charge in [-0.15, -0.1) is 24.8 Å². The fourth-order valence-electron chi connectivity index (χ4n) is 0.581. The van der Waals surface area contributed by atoms with Gasteiger partial charge in [-0.2, -0.15) is 0 Å². The van der Waals surface area contributed by atoms with Crippen LogP contribution in [-0.4, -0.2) is 27.5 Å². The Labute approximate surface area is 93.5 Å². The summed E-state index contributed by atoms with van der Waals surface area (Å²) in [5.74, 6) is -0.879. The van der Waals surface area contributed by atoms with Crippen molar-refractivity contribution in [1.82, 2.24) is 0 Å². The fourth-order valence-corrected chi connectivity index (χ4v) is 0.581. The molecule has 0 spiro atoms. The Hall–Kier alpha value is -0.850. The predicted molar refractivity (Wildman–Crippen MR) is 58.7 cm³/mol. The normalized spacial score (nSPS) is 5.71. The number of benzene rings is 1. The van der Waals surface area contributed by atoms with Crippen molar-refractivity contribution in [3.63, 3.8) is 0 Å². The van der Waals surface area contributed by atoms with E-state index in [-0.39, 0.29) is 41.2 Å². The van der Waals surface area contributed by atoms with Gasteiger partial charge in [0.2, 0.25) is 0 Å². The van der Waals surface area contributed by atoms with Gasteiger partial charge >= 0.3 is 5.97 Å². The molecule has 7 N–H and O–H groups in total. The quantitative estimate of drug-likeness (QED) is 0.735. The van der Waals surface area contributed by atoms with Crippen molar-refractivity contribution in [2.75, 3.05) is 0 Å². The Balaban J connectivity index is -0.0000000540. The van der Waals surface area contributed by atoms with Crippen molar-refractivity contribution < 1.29 is 26.3 Å². The summed E-state index contributed by atoms with van der Waals surface area (Å²) in [6.45, 7) is 0. The summed E-state index contributed by atoms with van der Waals surface area (Å²) in [4.78, 5) is 10.2. The van der Waals surface area contributed by atoms with E-state index in [9.17, 15) is 4.79 Å². The molecule has 0 fully saturated rings. The molecule has 5 nitrogen and oxygen atoms in total. The second-order valence-corrected chi connectivity index (χ2v) is 1.67. The summed E-state index contributed by atoms with van der Waals surface area (Å²) in [5.41, 5.74) is 0.331. The van der Waals surface area contributed by atoms with E-state index >= 15 is 0 Å². The van der Waals surface area contributed by atoms with Crippen LogP contribution in [0.25, 0.3) is 0 Å². The highest BCUT2D eigenvalue weighted by Crippen LogP contribution is 1.96. The lowest BCUT2D eigenvalue weighted by Crippen LogP contribution is -1.93. The van der Waals surface area contributed by atoms with Gasteiger partial charge in [0.05, 0.1) is 5.56 Å². The van der Waals surface area contributed by atoms with E-state index in [0.29, 0.717) is 5.56 Å². The lowest BCUT2D eigenvalue weighted by atomic mass is 10.2. The van der Waals surface area contributed by atoms with Gasteiger partial charge in [0.25, 0.3) is 0 Å². The zero-order valence-electron chi connectivity index (χ0n) is 7.06. The van der Waals surface area contributed by atoms with Crippen molar-refractivity contribution in [1.29, 1.82) is 0 Å². The summed E-state index contributed by atoms with van der Waals surface area (Å²) in [5, 5.41) is 8.38. The maximum atomic E-state index is 10.2. The second kappa shape index (κ2) is 14.7. The molecule has 0 aromatic heterocycles. The molecule has 1 aromatic carbocycles. The van der Waals surface area contributed by atoms with Crippen LogP contribution in [0.5, 0.6) is 0 Å². The minimum Gasteiger partial charge on any atom is -0.478 e. The number of halogens is 2. The van der Waals surface area contributed by atoms with Crippen LogP contribution in [-0.2, 0) is 0 Å². The molecule has 1 aromatic rings. The van der Waals surface area contributed by atoms with E-state index in [1.54, 1.807) is 30.3 Å². The summed E-state index contributed by atoms with van der Waals surface area (Å²) >= 11 is 0. The second-order valence-electron chi connectivity index (χ2n) is 1.67. The van der Waals surface area contributed by atoms with Gasteiger partial charge in [-0.25, -0.2) is 4.79 Å². The molecule has 0 saturated heterocycles. The van der Waals surface area contributed by atoms with Crippen LogP contribution in [0.1, 0.15) is 10.4 Å². The summed E-state index contributed by atoms with van der Waals surface area (Å²) in [6, 6.07) is 8.30. The number of rotatable bonds is 1. The van der Waals surface area contributed by atoms with E-state index in [2.05, 4.69) is 0 Å². The molecule has 0 radical (unpaired) electrons. The molecule has 0 amide bonds. The third-order valence-electron chi connectivity index (χ3n) is 1.02. The number of carbonyl (C=O) groups is 1. The first-order valence-electron chi connectivity index (χ1n) is 2.59. The van der Waals surface area contributed by atoms with Gasteiger partial charge in [0, 0.05) is 0 Å². The Morgan fingerprint density at radius 3 is 1.50 bits per heavy atom. The van der Waals surface area contributed by atoms with Crippen molar-refractivity contribution >= 4 is 30.8 Å². The Kier molecular flexibility index (Phi) is 30.6. The van der Waals surface area contributed by atoms with Gasteiger partial charge in [0.1, 0.15) is 0 Å². The van der Waals surface area contributed by atoms with Gasteiger partial charge < -0.3 is 21.5 Å². The van der Waals surface area contributed by atoms with E-state index < -0.39 is 5.97 Å². The lowest BCUT2D eigenvalue weighted by Gasteiger charge is -1.88. The molecular weight excluding hydrogens is 235 g/mol. The molecule has 7 heteroatoms. The average molecular weight is 249 g/mol. The molecule has 14 heavy (non-hydrogen) atoms. The molecule has 1 rings (SSSR count). The monoisotopic (exact) mass is 248 g/mol. The van der Waals surface area contributed by atoms with Crippen LogP contribution in [0, 0.1) is 0 Å². The van der Waals surface area contributed by atoms with Crippen LogP contribution in [0.3, 0.4) is 0 Å². The molecule has 0 saturated carbocycles. The Bertz CT molecular complexity index is 217. The molecular formula is C7H14Cl2O5. The van der Waals surface area contributed by atoms with Gasteiger partial charge in [-0.3, -0.25) is 0 Å². The van der Waals surface area contributed by atoms with Crippen molar-refractivity contribution in [2.45, 2.75) is 0 Å². The molecule has 0 heterocycles. The van der Waals surface area contributed by atoms with Crippen LogP contribution in [0.2, 0.25) is 0 Å². The standard InChI is InChI=1S/C7H6O2.2ClH.3H2O/c8-7(9)6-4-2-1-3-5-6;;;;;/h1-5H,(H,8,9);2*1H;3*1H2. The number of carboxylic acids is 1. The zero-order valence-corrected chi connectivity index (χ0v) is 8.69. The van der Waals surface area contributed by atoms with E-state index in [1.165, 1.54) is 0 Å². The van der Waals surface area contributed by atoms with Gasteiger partial charge in [-0.1, -0.05) is 18.2 Å². The molecule has 0 aliphatic heterocycles. The molecule has 0 aliphatic carbocycles. The first kappa shape index (κ1) is 29.2. The molecule has 0 unspecified atom stereocenters. The molecule has 86 valence electrons. The highest BCUT2D eigenvalue weighted by Gasteiger charge is 1.96. The van der Waals surface area contributed by atoms with Gasteiger partial charge in [0.15, 0.2) is 0 Å². The highest BCUT2D eigenvalue weighted by molar-refractivity contribution is 5.87.